The number of ether oxygens (including phenoxy) is 1. The highest BCUT2D eigenvalue weighted by Gasteiger charge is 2.14. The molecular formula is C20H18N4O. The van der Waals surface area contributed by atoms with E-state index in [1.807, 2.05) is 25.6 Å². The predicted molar refractivity (Wildman–Crippen MR) is 97.5 cm³/mol. The molecule has 5 rings (SSSR count). The molecule has 1 aliphatic heterocycles. The van der Waals surface area contributed by atoms with Gasteiger partial charge in [-0.05, 0) is 48.2 Å². The minimum atomic E-state index is 0.820. The number of aryl methyl sites for hydroxylation is 2. The van der Waals surface area contributed by atoms with Crippen LogP contribution in [0.15, 0.2) is 48.9 Å². The lowest BCUT2D eigenvalue weighted by molar-refractivity contribution is 0.288. The van der Waals surface area contributed by atoms with Crippen LogP contribution in [0.2, 0.25) is 0 Å². The molecule has 1 aromatic carbocycles. The second-order valence-electron chi connectivity index (χ2n) is 6.47. The van der Waals surface area contributed by atoms with Crippen LogP contribution < -0.4 is 4.74 Å². The van der Waals surface area contributed by atoms with Gasteiger partial charge < -0.3 is 9.72 Å². The smallest absolute Gasteiger partial charge is 0.138 e. The summed E-state index contributed by atoms with van der Waals surface area (Å²) in [5, 5.41) is 5.35. The van der Waals surface area contributed by atoms with Crippen molar-refractivity contribution in [2.24, 2.45) is 7.05 Å². The summed E-state index contributed by atoms with van der Waals surface area (Å²) in [6, 6.07) is 10.6. The van der Waals surface area contributed by atoms with Crippen molar-refractivity contribution in [1.82, 2.24) is 19.7 Å². The van der Waals surface area contributed by atoms with Crippen molar-refractivity contribution in [1.29, 1.82) is 0 Å². The summed E-state index contributed by atoms with van der Waals surface area (Å²) in [6.45, 7) is 0.820. The van der Waals surface area contributed by atoms with Crippen molar-refractivity contribution in [3.63, 3.8) is 0 Å². The minimum Gasteiger partial charge on any atom is -0.493 e. The van der Waals surface area contributed by atoms with E-state index in [4.69, 9.17) is 9.72 Å². The summed E-state index contributed by atoms with van der Waals surface area (Å²) < 4.78 is 7.51. The molecular weight excluding hydrogens is 312 g/mol. The van der Waals surface area contributed by atoms with Gasteiger partial charge in [-0.25, -0.2) is 4.98 Å². The number of aromatic nitrogens is 4. The second kappa shape index (κ2) is 5.48. The van der Waals surface area contributed by atoms with Gasteiger partial charge in [0.05, 0.1) is 18.5 Å². The van der Waals surface area contributed by atoms with Crippen LogP contribution in [0.4, 0.5) is 0 Å². The highest BCUT2D eigenvalue weighted by atomic mass is 16.5. The maximum absolute atomic E-state index is 5.72. The average Bonchev–Trinajstić information content (AvgIpc) is 3.27. The highest BCUT2D eigenvalue weighted by Crippen LogP contribution is 2.34. The first-order valence-electron chi connectivity index (χ1n) is 8.51. The van der Waals surface area contributed by atoms with E-state index in [0.717, 1.165) is 47.5 Å². The molecule has 4 aromatic rings. The van der Waals surface area contributed by atoms with Crippen LogP contribution >= 0.6 is 0 Å². The van der Waals surface area contributed by atoms with Gasteiger partial charge in [0.25, 0.3) is 0 Å². The van der Waals surface area contributed by atoms with Crippen LogP contribution in [-0.2, 0) is 13.5 Å². The standard InChI is InChI=1S/C20H18N4O/c1-24-12-15(10-22-24)18-6-5-16-17(11-21-20(16)23-18)13-4-7-19-14(9-13)3-2-8-25-19/h4-7,9-12H,2-3,8H2,1H3,(H,21,23). The van der Waals surface area contributed by atoms with E-state index in [1.165, 1.54) is 16.7 Å². The van der Waals surface area contributed by atoms with Gasteiger partial charge in [0, 0.05) is 36.0 Å². The number of aromatic amines is 1. The number of rotatable bonds is 2. The van der Waals surface area contributed by atoms with Gasteiger partial charge in [0.1, 0.15) is 11.4 Å². The van der Waals surface area contributed by atoms with Gasteiger partial charge in [-0.2, -0.15) is 5.10 Å². The molecule has 0 saturated carbocycles. The van der Waals surface area contributed by atoms with Crippen LogP contribution in [0.25, 0.3) is 33.4 Å². The number of H-pyrrole nitrogens is 1. The fourth-order valence-electron chi connectivity index (χ4n) is 3.49. The number of benzene rings is 1. The van der Waals surface area contributed by atoms with Gasteiger partial charge in [-0.15, -0.1) is 0 Å². The van der Waals surface area contributed by atoms with Crippen molar-refractivity contribution in [2.45, 2.75) is 12.8 Å². The first-order chi connectivity index (χ1) is 12.3. The molecule has 0 bridgehead atoms. The third kappa shape index (κ3) is 2.39. The molecule has 3 aromatic heterocycles. The van der Waals surface area contributed by atoms with E-state index in [2.05, 4.69) is 40.4 Å². The van der Waals surface area contributed by atoms with E-state index in [1.54, 1.807) is 4.68 Å². The van der Waals surface area contributed by atoms with Gasteiger partial charge in [-0.1, -0.05) is 6.07 Å². The Morgan fingerprint density at radius 1 is 1.16 bits per heavy atom. The second-order valence-corrected chi connectivity index (χ2v) is 6.47. The molecule has 0 radical (unpaired) electrons. The van der Waals surface area contributed by atoms with Crippen LogP contribution in [0, 0.1) is 0 Å². The fraction of sp³-hybridized carbons (Fsp3) is 0.200. The lowest BCUT2D eigenvalue weighted by Crippen LogP contribution is -2.07. The zero-order chi connectivity index (χ0) is 16.8. The minimum absolute atomic E-state index is 0.820. The SMILES string of the molecule is Cn1cc(-c2ccc3c(-c4ccc5c(c4)CCCO5)c[nH]c3n2)cn1. The quantitative estimate of drug-likeness (QED) is 0.605. The monoisotopic (exact) mass is 330 g/mol. The Labute approximate surface area is 145 Å². The normalized spacial score (nSPS) is 13.6. The largest absolute Gasteiger partial charge is 0.493 e. The Kier molecular flexibility index (Phi) is 3.13. The third-order valence-corrected chi connectivity index (χ3v) is 4.76. The lowest BCUT2D eigenvalue weighted by atomic mass is 9.99. The van der Waals surface area contributed by atoms with Crippen molar-refractivity contribution in [3.05, 3.63) is 54.5 Å². The molecule has 25 heavy (non-hydrogen) atoms. The van der Waals surface area contributed by atoms with E-state index >= 15 is 0 Å². The molecule has 5 nitrogen and oxygen atoms in total. The summed E-state index contributed by atoms with van der Waals surface area (Å²) >= 11 is 0. The maximum Gasteiger partial charge on any atom is 0.138 e. The lowest BCUT2D eigenvalue weighted by Gasteiger charge is -2.17. The Hall–Kier alpha value is -3.08. The van der Waals surface area contributed by atoms with Gasteiger partial charge in [-0.3, -0.25) is 4.68 Å². The van der Waals surface area contributed by atoms with Gasteiger partial charge >= 0.3 is 0 Å². The molecule has 0 amide bonds. The summed E-state index contributed by atoms with van der Waals surface area (Å²) in [7, 11) is 1.91. The summed E-state index contributed by atoms with van der Waals surface area (Å²) in [5.74, 6) is 1.02. The zero-order valence-electron chi connectivity index (χ0n) is 14.0. The van der Waals surface area contributed by atoms with Gasteiger partial charge in [0.15, 0.2) is 0 Å². The predicted octanol–water partition coefficient (Wildman–Crippen LogP) is 3.96. The fourth-order valence-corrected chi connectivity index (χ4v) is 3.49. The van der Waals surface area contributed by atoms with Crippen molar-refractivity contribution < 1.29 is 4.74 Å². The van der Waals surface area contributed by atoms with E-state index in [9.17, 15) is 0 Å². The number of hydrogen-bond donors (Lipinski definition) is 1. The number of nitrogens with one attached hydrogen (secondary N) is 1. The molecule has 4 heterocycles. The summed E-state index contributed by atoms with van der Waals surface area (Å²) in [6.07, 6.45) is 8.01. The Bertz CT molecular complexity index is 1080. The highest BCUT2D eigenvalue weighted by molar-refractivity contribution is 5.94. The van der Waals surface area contributed by atoms with Crippen LogP contribution in [-0.4, -0.2) is 26.4 Å². The Morgan fingerprint density at radius 2 is 2.12 bits per heavy atom. The Morgan fingerprint density at radius 3 is 3.00 bits per heavy atom. The summed E-state index contributed by atoms with van der Waals surface area (Å²) in [4.78, 5) is 8.07. The molecule has 5 heteroatoms. The zero-order valence-corrected chi connectivity index (χ0v) is 14.0. The molecule has 0 spiro atoms. The van der Waals surface area contributed by atoms with Crippen LogP contribution in [0.5, 0.6) is 5.75 Å². The van der Waals surface area contributed by atoms with Crippen molar-refractivity contribution in [2.75, 3.05) is 6.61 Å². The third-order valence-electron chi connectivity index (χ3n) is 4.76. The van der Waals surface area contributed by atoms with Crippen molar-refractivity contribution >= 4 is 11.0 Å². The summed E-state index contributed by atoms with van der Waals surface area (Å²) in [5.41, 5.74) is 6.50. The molecule has 1 aliphatic rings. The van der Waals surface area contributed by atoms with Crippen molar-refractivity contribution in [3.8, 4) is 28.1 Å². The topological polar surface area (TPSA) is 55.7 Å². The number of fused-ring (bicyclic) bond motifs is 2. The first kappa shape index (κ1) is 14.3. The molecule has 0 fully saturated rings. The van der Waals surface area contributed by atoms with Crippen LogP contribution in [0.1, 0.15) is 12.0 Å². The van der Waals surface area contributed by atoms with E-state index in [-0.39, 0.29) is 0 Å². The van der Waals surface area contributed by atoms with E-state index < -0.39 is 0 Å². The molecule has 124 valence electrons. The molecule has 0 atom stereocenters. The Balaban J connectivity index is 1.58. The average molecular weight is 330 g/mol. The number of nitrogens with zero attached hydrogens (tertiary/aromatic N) is 3. The van der Waals surface area contributed by atoms with Gasteiger partial charge in [0.2, 0.25) is 0 Å². The maximum atomic E-state index is 5.72. The first-order valence-corrected chi connectivity index (χ1v) is 8.51. The van der Waals surface area contributed by atoms with Crippen LogP contribution in [0.3, 0.4) is 0 Å². The number of pyridine rings is 1. The molecule has 0 saturated heterocycles. The molecule has 0 aliphatic carbocycles. The molecule has 1 N–H and O–H groups in total. The van der Waals surface area contributed by atoms with E-state index in [0.29, 0.717) is 0 Å². The number of hydrogen-bond acceptors (Lipinski definition) is 3. The molecule has 0 unspecified atom stereocenters.